The maximum Gasteiger partial charge on any atom is 0.165 e. The number of aromatic nitrogens is 1. The predicted molar refractivity (Wildman–Crippen MR) is 76.2 cm³/mol. The number of rotatable bonds is 6. The van der Waals surface area contributed by atoms with Crippen LogP contribution in [0.3, 0.4) is 0 Å². The second-order valence-corrected chi connectivity index (χ2v) is 5.45. The Balaban J connectivity index is 2.08. The first-order valence-electron chi connectivity index (χ1n) is 6.46. The van der Waals surface area contributed by atoms with Gasteiger partial charge in [0, 0.05) is 4.88 Å². The van der Waals surface area contributed by atoms with E-state index in [1.165, 1.54) is 17.4 Å². The number of para-hydroxylation sites is 1. The molecule has 5 heteroatoms. The molecule has 0 spiro atoms. The predicted octanol–water partition coefficient (Wildman–Crippen LogP) is 3.88. The molecule has 0 saturated carbocycles. The van der Waals surface area contributed by atoms with Crippen molar-refractivity contribution in [1.82, 2.24) is 4.98 Å². The molecule has 20 heavy (non-hydrogen) atoms. The fraction of sp³-hybridized carbons (Fsp3) is 0.333. The van der Waals surface area contributed by atoms with Crippen LogP contribution in [0.25, 0.3) is 0 Å². The van der Waals surface area contributed by atoms with Gasteiger partial charge in [-0.25, -0.2) is 9.37 Å². The molecule has 0 aliphatic rings. The largest absolute Gasteiger partial charge is 0.483 e. The molecule has 0 saturated heterocycles. The zero-order chi connectivity index (χ0) is 14.4. The molecule has 0 aliphatic heterocycles. The van der Waals surface area contributed by atoms with Gasteiger partial charge in [0.1, 0.15) is 11.6 Å². The van der Waals surface area contributed by atoms with E-state index in [-0.39, 0.29) is 18.2 Å². The lowest BCUT2D eigenvalue weighted by Crippen LogP contribution is -1.97. The second kappa shape index (κ2) is 7.01. The Bertz CT molecular complexity index is 619. The van der Waals surface area contributed by atoms with Crippen LogP contribution in [-0.4, -0.2) is 4.98 Å². The summed E-state index contributed by atoms with van der Waals surface area (Å²) in [5.41, 5.74) is 0.964. The molecule has 2 rings (SSSR count). The van der Waals surface area contributed by atoms with E-state index < -0.39 is 0 Å². The SMILES string of the molecule is CCCc1nc(COc2ccccc2F)sc1CC#N. The normalized spacial score (nSPS) is 10.2. The standard InChI is InChI=1S/C15H15FN2OS/c1-2-5-12-14(8-9-17)20-15(18-12)10-19-13-7-4-3-6-11(13)16/h3-4,6-7H,2,5,8,10H2,1H3. The molecular weight excluding hydrogens is 275 g/mol. The van der Waals surface area contributed by atoms with Crippen molar-refractivity contribution < 1.29 is 9.13 Å². The van der Waals surface area contributed by atoms with Gasteiger partial charge >= 0.3 is 0 Å². The first-order chi connectivity index (χ1) is 9.74. The Hall–Kier alpha value is -1.93. The maximum absolute atomic E-state index is 13.4. The van der Waals surface area contributed by atoms with Gasteiger partial charge in [0.2, 0.25) is 0 Å². The summed E-state index contributed by atoms with van der Waals surface area (Å²) in [4.78, 5) is 5.47. The molecule has 0 atom stereocenters. The van der Waals surface area contributed by atoms with E-state index in [9.17, 15) is 4.39 Å². The van der Waals surface area contributed by atoms with Gasteiger partial charge in [0.15, 0.2) is 11.6 Å². The van der Waals surface area contributed by atoms with E-state index in [2.05, 4.69) is 18.0 Å². The van der Waals surface area contributed by atoms with Gasteiger partial charge in [0.05, 0.1) is 18.2 Å². The number of nitriles is 1. The second-order valence-electron chi connectivity index (χ2n) is 4.28. The van der Waals surface area contributed by atoms with Crippen LogP contribution in [0, 0.1) is 17.1 Å². The third-order valence-electron chi connectivity index (χ3n) is 2.74. The summed E-state index contributed by atoms with van der Waals surface area (Å²) < 4.78 is 18.9. The van der Waals surface area contributed by atoms with Gasteiger partial charge in [-0.15, -0.1) is 11.3 Å². The highest BCUT2D eigenvalue weighted by molar-refractivity contribution is 7.11. The Morgan fingerprint density at radius 2 is 2.20 bits per heavy atom. The molecule has 2 aromatic rings. The number of nitrogens with zero attached hydrogens (tertiary/aromatic N) is 2. The van der Waals surface area contributed by atoms with Gasteiger partial charge in [0.25, 0.3) is 0 Å². The minimum atomic E-state index is -0.380. The zero-order valence-corrected chi connectivity index (χ0v) is 12.0. The molecular formula is C15H15FN2OS. The fourth-order valence-electron chi connectivity index (χ4n) is 1.84. The summed E-state index contributed by atoms with van der Waals surface area (Å²) in [7, 11) is 0. The molecule has 1 heterocycles. The monoisotopic (exact) mass is 290 g/mol. The quantitative estimate of drug-likeness (QED) is 0.811. The Morgan fingerprint density at radius 1 is 1.40 bits per heavy atom. The number of halogens is 1. The highest BCUT2D eigenvalue weighted by Gasteiger charge is 2.11. The van der Waals surface area contributed by atoms with Gasteiger partial charge in [-0.3, -0.25) is 0 Å². The molecule has 0 aliphatic carbocycles. The van der Waals surface area contributed by atoms with Crippen molar-refractivity contribution in [1.29, 1.82) is 5.26 Å². The lowest BCUT2D eigenvalue weighted by molar-refractivity contribution is 0.289. The van der Waals surface area contributed by atoms with Gasteiger partial charge in [-0.05, 0) is 18.6 Å². The van der Waals surface area contributed by atoms with Crippen molar-refractivity contribution in [3.63, 3.8) is 0 Å². The van der Waals surface area contributed by atoms with Gasteiger partial charge in [-0.2, -0.15) is 5.26 Å². The van der Waals surface area contributed by atoms with Crippen molar-refractivity contribution in [3.05, 3.63) is 45.7 Å². The first kappa shape index (κ1) is 14.5. The molecule has 0 radical (unpaired) electrons. The molecule has 3 nitrogen and oxygen atoms in total. The molecule has 0 unspecified atom stereocenters. The Morgan fingerprint density at radius 3 is 2.90 bits per heavy atom. The highest BCUT2D eigenvalue weighted by atomic mass is 32.1. The Kier molecular flexibility index (Phi) is 5.08. The summed E-state index contributed by atoms with van der Waals surface area (Å²) in [6, 6.07) is 8.45. The number of hydrogen-bond donors (Lipinski definition) is 0. The topological polar surface area (TPSA) is 45.9 Å². The van der Waals surface area contributed by atoms with Crippen LogP contribution < -0.4 is 4.74 Å². The highest BCUT2D eigenvalue weighted by Crippen LogP contribution is 2.23. The van der Waals surface area contributed by atoms with E-state index in [0.717, 1.165) is 28.4 Å². The van der Waals surface area contributed by atoms with Crippen LogP contribution in [0.2, 0.25) is 0 Å². The molecule has 0 amide bonds. The smallest absolute Gasteiger partial charge is 0.165 e. The van der Waals surface area contributed by atoms with Crippen molar-refractivity contribution >= 4 is 11.3 Å². The molecule has 1 aromatic carbocycles. The average Bonchev–Trinajstić information content (AvgIpc) is 2.81. The average molecular weight is 290 g/mol. The number of aryl methyl sites for hydroxylation is 1. The van der Waals surface area contributed by atoms with Crippen LogP contribution in [0.5, 0.6) is 5.75 Å². The maximum atomic E-state index is 13.4. The third-order valence-corrected chi connectivity index (χ3v) is 3.81. The summed E-state index contributed by atoms with van der Waals surface area (Å²) >= 11 is 1.47. The van der Waals surface area contributed by atoms with Crippen LogP contribution in [-0.2, 0) is 19.4 Å². The number of ether oxygens (including phenoxy) is 1. The van der Waals surface area contributed by atoms with E-state index in [4.69, 9.17) is 10.00 Å². The summed E-state index contributed by atoms with van der Waals surface area (Å²) in [6.07, 6.45) is 2.20. The van der Waals surface area contributed by atoms with Crippen LogP contribution in [0.15, 0.2) is 24.3 Å². The molecule has 0 bridgehead atoms. The zero-order valence-electron chi connectivity index (χ0n) is 11.2. The van der Waals surface area contributed by atoms with Crippen LogP contribution in [0.4, 0.5) is 4.39 Å². The molecule has 0 fully saturated rings. The third kappa shape index (κ3) is 3.55. The minimum Gasteiger partial charge on any atom is -0.483 e. The van der Waals surface area contributed by atoms with E-state index in [0.29, 0.717) is 6.42 Å². The molecule has 104 valence electrons. The van der Waals surface area contributed by atoms with Crippen molar-refractivity contribution in [2.75, 3.05) is 0 Å². The van der Waals surface area contributed by atoms with Crippen LogP contribution in [0.1, 0.15) is 28.9 Å². The summed E-state index contributed by atoms with van der Waals surface area (Å²) in [5.74, 6) is -0.156. The fourth-order valence-corrected chi connectivity index (χ4v) is 2.80. The molecule has 1 aromatic heterocycles. The van der Waals surface area contributed by atoms with E-state index >= 15 is 0 Å². The number of benzene rings is 1. The number of thiazole rings is 1. The number of hydrogen-bond acceptors (Lipinski definition) is 4. The van der Waals surface area contributed by atoms with E-state index in [1.807, 2.05) is 0 Å². The first-order valence-corrected chi connectivity index (χ1v) is 7.28. The van der Waals surface area contributed by atoms with E-state index in [1.54, 1.807) is 18.2 Å². The van der Waals surface area contributed by atoms with Crippen molar-refractivity contribution in [3.8, 4) is 11.8 Å². The van der Waals surface area contributed by atoms with Gasteiger partial charge in [-0.1, -0.05) is 25.5 Å². The van der Waals surface area contributed by atoms with Crippen LogP contribution >= 0.6 is 11.3 Å². The summed E-state index contributed by atoms with van der Waals surface area (Å²) in [6.45, 7) is 2.30. The van der Waals surface area contributed by atoms with Crippen molar-refractivity contribution in [2.24, 2.45) is 0 Å². The van der Waals surface area contributed by atoms with Crippen molar-refractivity contribution in [2.45, 2.75) is 32.8 Å². The lowest BCUT2D eigenvalue weighted by atomic mass is 10.2. The van der Waals surface area contributed by atoms with Gasteiger partial charge < -0.3 is 4.74 Å². The molecule has 0 N–H and O–H groups in total. The lowest BCUT2D eigenvalue weighted by Gasteiger charge is -2.04. The summed E-state index contributed by atoms with van der Waals surface area (Å²) in [5, 5.41) is 9.59. The minimum absolute atomic E-state index is 0.224. The Labute approximate surface area is 121 Å².